The Bertz CT molecular complexity index is 580. The van der Waals surface area contributed by atoms with Crippen LogP contribution in [0.4, 0.5) is 0 Å². The fourth-order valence-electron chi connectivity index (χ4n) is 1.68. The lowest BCUT2D eigenvalue weighted by Crippen LogP contribution is -2.31. The minimum absolute atomic E-state index is 0.370. The topological polar surface area (TPSA) is 62.6 Å². The van der Waals surface area contributed by atoms with Crippen molar-refractivity contribution in [3.05, 3.63) is 46.6 Å². The molecule has 0 spiro atoms. The highest BCUT2D eigenvalue weighted by atomic mass is 79.9. The monoisotopic (exact) mass is 353 g/mol. The molecule has 0 fully saturated rings. The molecule has 0 aliphatic carbocycles. The number of thioether (sulfide) groups is 1. The van der Waals surface area contributed by atoms with Gasteiger partial charge in [0.25, 0.3) is 0 Å². The van der Waals surface area contributed by atoms with Crippen LogP contribution in [-0.2, 0) is 5.75 Å². The zero-order valence-corrected chi connectivity index (χ0v) is 13.2. The van der Waals surface area contributed by atoms with E-state index < -0.39 is 7.12 Å². The van der Waals surface area contributed by atoms with Crippen molar-refractivity contribution < 1.29 is 14.8 Å². The fourth-order valence-corrected chi connectivity index (χ4v) is 2.70. The van der Waals surface area contributed by atoms with E-state index in [1.807, 2.05) is 18.2 Å². The summed E-state index contributed by atoms with van der Waals surface area (Å²) in [6.07, 6.45) is 1.75. The second-order valence-electron chi connectivity index (χ2n) is 4.05. The van der Waals surface area contributed by atoms with Crippen LogP contribution in [-0.4, -0.2) is 29.3 Å². The first-order valence-electron chi connectivity index (χ1n) is 5.87. The summed E-state index contributed by atoms with van der Waals surface area (Å²) in [4.78, 5) is 4.28. The molecule has 0 aliphatic rings. The number of pyridine rings is 1. The first kappa shape index (κ1) is 15.4. The predicted octanol–water partition coefficient (Wildman–Crippen LogP) is 1.82. The number of rotatable bonds is 5. The van der Waals surface area contributed by atoms with Crippen LogP contribution < -0.4 is 10.2 Å². The van der Waals surface area contributed by atoms with E-state index in [0.29, 0.717) is 17.0 Å². The number of hydrogen-bond acceptors (Lipinski definition) is 5. The Morgan fingerprint density at radius 1 is 1.30 bits per heavy atom. The lowest BCUT2D eigenvalue weighted by atomic mass is 9.79. The number of ether oxygens (including phenoxy) is 1. The zero-order valence-electron chi connectivity index (χ0n) is 10.8. The number of nitrogens with zero attached hydrogens (tertiary/aromatic N) is 1. The standard InChI is InChI=1S/C13H13BBrNO3S/c1-19-12-4-2-9(6-11(12)14(17)18)8-20-13-5-3-10(15)7-16-13/h2-7,17-18H,8H2,1H3. The minimum atomic E-state index is -1.54. The van der Waals surface area contributed by atoms with Gasteiger partial charge in [0, 0.05) is 21.9 Å². The second kappa shape index (κ2) is 7.13. The van der Waals surface area contributed by atoms with Crippen LogP contribution in [0.5, 0.6) is 5.75 Å². The van der Waals surface area contributed by atoms with E-state index in [0.717, 1.165) is 15.1 Å². The van der Waals surface area contributed by atoms with Crippen LogP contribution in [0.15, 0.2) is 46.0 Å². The highest BCUT2D eigenvalue weighted by molar-refractivity contribution is 9.10. The third kappa shape index (κ3) is 3.99. The third-order valence-corrected chi connectivity index (χ3v) is 4.14. The maximum absolute atomic E-state index is 9.33. The van der Waals surface area contributed by atoms with Crippen molar-refractivity contribution in [2.45, 2.75) is 10.8 Å². The van der Waals surface area contributed by atoms with Crippen molar-refractivity contribution in [2.75, 3.05) is 7.11 Å². The van der Waals surface area contributed by atoms with Crippen molar-refractivity contribution in [2.24, 2.45) is 0 Å². The molecule has 0 saturated carbocycles. The molecule has 1 aromatic heterocycles. The normalized spacial score (nSPS) is 10.4. The molecule has 2 rings (SSSR count). The highest BCUT2D eigenvalue weighted by Gasteiger charge is 2.17. The quantitative estimate of drug-likeness (QED) is 0.634. The number of halogens is 1. The number of methoxy groups -OCH3 is 1. The summed E-state index contributed by atoms with van der Waals surface area (Å²) < 4.78 is 6.03. The van der Waals surface area contributed by atoms with Gasteiger partial charge in [0.15, 0.2) is 0 Å². The van der Waals surface area contributed by atoms with E-state index in [4.69, 9.17) is 4.74 Å². The molecule has 0 bridgehead atoms. The van der Waals surface area contributed by atoms with Crippen LogP contribution in [0.3, 0.4) is 0 Å². The summed E-state index contributed by atoms with van der Waals surface area (Å²) in [6, 6.07) is 9.23. The predicted molar refractivity (Wildman–Crippen MR) is 84.3 cm³/mol. The van der Waals surface area contributed by atoms with Gasteiger partial charge < -0.3 is 14.8 Å². The van der Waals surface area contributed by atoms with Gasteiger partial charge >= 0.3 is 7.12 Å². The van der Waals surface area contributed by atoms with E-state index in [9.17, 15) is 10.0 Å². The maximum atomic E-state index is 9.33. The van der Waals surface area contributed by atoms with Crippen LogP contribution in [0, 0.1) is 0 Å². The molecule has 0 radical (unpaired) electrons. The van der Waals surface area contributed by atoms with Gasteiger partial charge in [-0.25, -0.2) is 4.98 Å². The molecule has 0 unspecified atom stereocenters. The van der Waals surface area contributed by atoms with Crippen LogP contribution in [0.1, 0.15) is 5.56 Å². The third-order valence-electron chi connectivity index (χ3n) is 2.66. The van der Waals surface area contributed by atoms with Crippen LogP contribution in [0.2, 0.25) is 0 Å². The molecule has 20 heavy (non-hydrogen) atoms. The molecular weight excluding hydrogens is 341 g/mol. The molecule has 0 saturated heterocycles. The number of benzene rings is 1. The first-order valence-corrected chi connectivity index (χ1v) is 7.65. The van der Waals surface area contributed by atoms with Crippen LogP contribution >= 0.6 is 27.7 Å². The van der Waals surface area contributed by atoms with Crippen molar-refractivity contribution in [3.8, 4) is 5.75 Å². The molecule has 0 atom stereocenters. The molecule has 7 heteroatoms. The van der Waals surface area contributed by atoms with Crippen molar-refractivity contribution >= 4 is 40.3 Å². The summed E-state index contributed by atoms with van der Waals surface area (Å²) in [5.74, 6) is 1.16. The maximum Gasteiger partial charge on any atom is 0.492 e. The minimum Gasteiger partial charge on any atom is -0.497 e. The summed E-state index contributed by atoms with van der Waals surface area (Å²) in [5, 5.41) is 19.6. The van der Waals surface area contributed by atoms with E-state index >= 15 is 0 Å². The molecular formula is C13H13BBrNO3S. The Morgan fingerprint density at radius 2 is 2.10 bits per heavy atom. The Balaban J connectivity index is 2.09. The van der Waals surface area contributed by atoms with Crippen molar-refractivity contribution in [1.29, 1.82) is 0 Å². The fraction of sp³-hybridized carbons (Fsp3) is 0.154. The van der Waals surface area contributed by atoms with Gasteiger partial charge in [-0.05, 0) is 39.7 Å². The van der Waals surface area contributed by atoms with Crippen LogP contribution in [0.25, 0.3) is 0 Å². The molecule has 0 aliphatic heterocycles. The summed E-state index contributed by atoms with van der Waals surface area (Å²) in [7, 11) is -0.0396. The molecule has 104 valence electrons. The van der Waals surface area contributed by atoms with E-state index in [2.05, 4.69) is 20.9 Å². The van der Waals surface area contributed by atoms with Gasteiger partial charge in [0.1, 0.15) is 5.75 Å². The Labute approximate surface area is 130 Å². The average Bonchev–Trinajstić information content (AvgIpc) is 2.46. The Morgan fingerprint density at radius 3 is 2.70 bits per heavy atom. The smallest absolute Gasteiger partial charge is 0.492 e. The lowest BCUT2D eigenvalue weighted by molar-refractivity contribution is 0.403. The molecule has 4 nitrogen and oxygen atoms in total. The van der Waals surface area contributed by atoms with E-state index in [-0.39, 0.29) is 0 Å². The molecule has 1 aromatic carbocycles. The highest BCUT2D eigenvalue weighted by Crippen LogP contribution is 2.22. The van der Waals surface area contributed by atoms with Gasteiger partial charge in [0.2, 0.25) is 0 Å². The van der Waals surface area contributed by atoms with Gasteiger partial charge in [-0.15, -0.1) is 11.8 Å². The second-order valence-corrected chi connectivity index (χ2v) is 5.96. The van der Waals surface area contributed by atoms with E-state index in [1.165, 1.54) is 7.11 Å². The molecule has 0 amide bonds. The number of hydrogen-bond donors (Lipinski definition) is 2. The number of aromatic nitrogens is 1. The van der Waals surface area contributed by atoms with Gasteiger partial charge in [0.05, 0.1) is 12.1 Å². The molecule has 2 N–H and O–H groups in total. The summed E-state index contributed by atoms with van der Waals surface area (Å²) >= 11 is 4.92. The van der Waals surface area contributed by atoms with Crippen molar-refractivity contribution in [3.63, 3.8) is 0 Å². The lowest BCUT2D eigenvalue weighted by Gasteiger charge is -2.10. The zero-order chi connectivity index (χ0) is 14.5. The van der Waals surface area contributed by atoms with E-state index in [1.54, 1.807) is 30.1 Å². The Kier molecular flexibility index (Phi) is 5.48. The largest absolute Gasteiger partial charge is 0.497 e. The first-order chi connectivity index (χ1) is 9.60. The molecule has 2 aromatic rings. The molecule has 1 heterocycles. The van der Waals surface area contributed by atoms with Gasteiger partial charge in [-0.3, -0.25) is 0 Å². The summed E-state index contributed by atoms with van der Waals surface area (Å²) in [5.41, 5.74) is 1.35. The van der Waals surface area contributed by atoms with Gasteiger partial charge in [-0.2, -0.15) is 0 Å². The summed E-state index contributed by atoms with van der Waals surface area (Å²) in [6.45, 7) is 0. The average molecular weight is 354 g/mol. The SMILES string of the molecule is COc1ccc(CSc2ccc(Br)cn2)cc1B(O)O. The van der Waals surface area contributed by atoms with Gasteiger partial charge in [-0.1, -0.05) is 12.1 Å². The Hall–Kier alpha value is -1.02. The van der Waals surface area contributed by atoms with Crippen molar-refractivity contribution in [1.82, 2.24) is 4.98 Å².